The Morgan fingerprint density at radius 2 is 1.78 bits per heavy atom. The highest BCUT2D eigenvalue weighted by Gasteiger charge is 2.31. The summed E-state index contributed by atoms with van der Waals surface area (Å²) in [5.41, 5.74) is 0.482. The van der Waals surface area contributed by atoms with Crippen molar-refractivity contribution in [1.82, 2.24) is 15.5 Å². The molecule has 0 unspecified atom stereocenters. The van der Waals surface area contributed by atoms with Crippen molar-refractivity contribution < 1.29 is 0 Å². The van der Waals surface area contributed by atoms with Crippen LogP contribution in [0.2, 0.25) is 0 Å². The Hall–Kier alpha value is -0.0400. The normalized spacial score (nSPS) is 22.7. The second-order valence-electron chi connectivity index (χ2n) is 7.38. The monoisotopic (exact) mass is 436 g/mol. The van der Waals surface area contributed by atoms with E-state index in [1.54, 1.807) is 0 Å². The van der Waals surface area contributed by atoms with Gasteiger partial charge in [0.25, 0.3) is 0 Å². The van der Waals surface area contributed by atoms with Crippen LogP contribution in [0.15, 0.2) is 4.99 Å². The summed E-state index contributed by atoms with van der Waals surface area (Å²) in [4.78, 5) is 7.35. The molecule has 2 N–H and O–H groups in total. The number of hydrogen-bond donors (Lipinski definition) is 2. The van der Waals surface area contributed by atoms with Crippen molar-refractivity contribution in [3.63, 3.8) is 0 Å². The van der Waals surface area contributed by atoms with Crippen LogP contribution in [0, 0.1) is 11.3 Å². The highest BCUT2D eigenvalue weighted by molar-refractivity contribution is 14.0. The lowest BCUT2D eigenvalue weighted by Gasteiger charge is -2.29. The van der Waals surface area contributed by atoms with E-state index in [0.717, 1.165) is 31.5 Å². The Bertz CT molecular complexity index is 345. The third-order valence-corrected chi connectivity index (χ3v) is 5.73. The highest BCUT2D eigenvalue weighted by atomic mass is 127. The molecule has 0 aromatic carbocycles. The molecule has 23 heavy (non-hydrogen) atoms. The van der Waals surface area contributed by atoms with Crippen molar-refractivity contribution in [2.45, 2.75) is 58.8 Å². The van der Waals surface area contributed by atoms with E-state index in [1.807, 2.05) is 0 Å². The molecule has 0 atom stereocenters. The maximum Gasteiger partial charge on any atom is 0.191 e. The molecule has 0 aromatic heterocycles. The number of hydrogen-bond acceptors (Lipinski definition) is 2. The molecular formula is C18H37IN4. The van der Waals surface area contributed by atoms with Gasteiger partial charge in [0.15, 0.2) is 5.96 Å². The number of guanidine groups is 1. The maximum absolute atomic E-state index is 4.92. The van der Waals surface area contributed by atoms with E-state index in [0.29, 0.717) is 5.41 Å². The number of aliphatic imine (C=N–C) groups is 1. The van der Waals surface area contributed by atoms with E-state index in [-0.39, 0.29) is 24.0 Å². The van der Waals surface area contributed by atoms with Gasteiger partial charge in [-0.05, 0) is 70.5 Å². The van der Waals surface area contributed by atoms with Crippen molar-refractivity contribution in [3.8, 4) is 0 Å². The summed E-state index contributed by atoms with van der Waals surface area (Å²) in [5.74, 6) is 1.83. The smallest absolute Gasteiger partial charge is 0.191 e. The van der Waals surface area contributed by atoms with Crippen LogP contribution in [0.3, 0.4) is 0 Å². The first-order valence-corrected chi connectivity index (χ1v) is 9.38. The van der Waals surface area contributed by atoms with Gasteiger partial charge >= 0.3 is 0 Å². The van der Waals surface area contributed by atoms with Crippen LogP contribution in [0.4, 0.5) is 0 Å². The van der Waals surface area contributed by atoms with E-state index in [4.69, 9.17) is 4.99 Å². The molecule has 1 saturated heterocycles. The summed E-state index contributed by atoms with van der Waals surface area (Å²) in [6.45, 7) is 9.96. The van der Waals surface area contributed by atoms with Crippen molar-refractivity contribution in [3.05, 3.63) is 0 Å². The average molecular weight is 436 g/mol. The summed E-state index contributed by atoms with van der Waals surface area (Å²) in [6.07, 6.45) is 9.39. The van der Waals surface area contributed by atoms with Crippen LogP contribution in [-0.2, 0) is 0 Å². The molecule has 136 valence electrons. The third-order valence-electron chi connectivity index (χ3n) is 5.73. The second kappa shape index (κ2) is 10.7. The highest BCUT2D eigenvalue weighted by Crippen LogP contribution is 2.41. The van der Waals surface area contributed by atoms with Gasteiger partial charge in [0.1, 0.15) is 0 Å². The van der Waals surface area contributed by atoms with Gasteiger partial charge < -0.3 is 15.5 Å². The van der Waals surface area contributed by atoms with E-state index < -0.39 is 0 Å². The van der Waals surface area contributed by atoms with Crippen molar-refractivity contribution in [2.24, 2.45) is 16.3 Å². The molecule has 0 radical (unpaired) electrons. The summed E-state index contributed by atoms with van der Waals surface area (Å²) < 4.78 is 0. The van der Waals surface area contributed by atoms with E-state index in [2.05, 4.69) is 36.4 Å². The molecule has 1 aliphatic carbocycles. The molecule has 0 spiro atoms. The topological polar surface area (TPSA) is 39.7 Å². The zero-order valence-electron chi connectivity index (χ0n) is 15.4. The zero-order chi connectivity index (χ0) is 15.8. The first-order chi connectivity index (χ1) is 10.7. The molecule has 4 nitrogen and oxygen atoms in total. The van der Waals surface area contributed by atoms with Crippen LogP contribution in [-0.4, -0.2) is 50.6 Å². The van der Waals surface area contributed by atoms with E-state index in [1.165, 1.54) is 58.0 Å². The van der Waals surface area contributed by atoms with Crippen LogP contribution in [0.25, 0.3) is 0 Å². The molecule has 1 aliphatic heterocycles. The Kier molecular flexibility index (Phi) is 9.82. The van der Waals surface area contributed by atoms with Gasteiger partial charge in [0, 0.05) is 19.6 Å². The first-order valence-electron chi connectivity index (χ1n) is 9.38. The van der Waals surface area contributed by atoms with Crippen molar-refractivity contribution in [1.29, 1.82) is 0 Å². The minimum Gasteiger partial charge on any atom is -0.357 e. The van der Waals surface area contributed by atoms with Gasteiger partial charge in [-0.1, -0.05) is 19.8 Å². The third kappa shape index (κ3) is 6.77. The summed E-state index contributed by atoms with van der Waals surface area (Å²) in [5, 5.41) is 7.02. The number of rotatable bonds is 6. The second-order valence-corrected chi connectivity index (χ2v) is 7.38. The fraction of sp³-hybridized carbons (Fsp3) is 0.944. The molecule has 5 heteroatoms. The fourth-order valence-electron chi connectivity index (χ4n) is 3.84. The minimum absolute atomic E-state index is 0. The molecule has 1 saturated carbocycles. The van der Waals surface area contributed by atoms with Gasteiger partial charge in [-0.25, -0.2) is 0 Å². The van der Waals surface area contributed by atoms with Gasteiger partial charge in [-0.15, -0.1) is 24.0 Å². The number of nitrogens with zero attached hydrogens (tertiary/aromatic N) is 2. The molecule has 2 aliphatic rings. The van der Waals surface area contributed by atoms with Crippen LogP contribution in [0.1, 0.15) is 58.8 Å². The molecule has 2 fully saturated rings. The number of piperidine rings is 1. The molecule has 2 rings (SSSR count). The summed E-state index contributed by atoms with van der Waals surface area (Å²) in [7, 11) is 2.22. The van der Waals surface area contributed by atoms with Crippen LogP contribution in [0.5, 0.6) is 0 Å². The Morgan fingerprint density at radius 1 is 1.13 bits per heavy atom. The molecule has 0 aromatic rings. The van der Waals surface area contributed by atoms with Crippen molar-refractivity contribution in [2.75, 3.05) is 39.8 Å². The largest absolute Gasteiger partial charge is 0.357 e. The van der Waals surface area contributed by atoms with Gasteiger partial charge in [0.2, 0.25) is 0 Å². The quantitative estimate of drug-likeness (QED) is 0.381. The lowest BCUT2D eigenvalue weighted by molar-refractivity contribution is 0.220. The number of likely N-dealkylation sites (tertiary alicyclic amines) is 1. The standard InChI is InChI=1S/C18H36N4.HI/c1-4-18(10-6-7-11-18)15-21-17(19-5-2)20-14-16-8-12-22(3)13-9-16;/h16H,4-15H2,1-3H3,(H2,19,20,21);1H. The van der Waals surface area contributed by atoms with Crippen molar-refractivity contribution >= 4 is 29.9 Å². The van der Waals surface area contributed by atoms with Crippen LogP contribution < -0.4 is 10.6 Å². The predicted octanol–water partition coefficient (Wildman–Crippen LogP) is 3.47. The maximum atomic E-state index is 4.92. The lowest BCUT2D eigenvalue weighted by Crippen LogP contribution is -2.42. The van der Waals surface area contributed by atoms with Gasteiger partial charge in [-0.2, -0.15) is 0 Å². The Balaban J connectivity index is 0.00000264. The average Bonchev–Trinajstić information content (AvgIpc) is 3.01. The first kappa shape index (κ1) is 21.0. The minimum atomic E-state index is 0. The number of nitrogens with one attached hydrogen (secondary N) is 2. The number of halogens is 1. The molecular weight excluding hydrogens is 399 g/mol. The Labute approximate surface area is 160 Å². The summed E-state index contributed by atoms with van der Waals surface area (Å²) in [6, 6.07) is 0. The molecule has 0 bridgehead atoms. The predicted molar refractivity (Wildman–Crippen MR) is 111 cm³/mol. The van der Waals surface area contributed by atoms with E-state index >= 15 is 0 Å². The van der Waals surface area contributed by atoms with Gasteiger partial charge in [0.05, 0.1) is 0 Å². The zero-order valence-corrected chi connectivity index (χ0v) is 17.7. The lowest BCUT2D eigenvalue weighted by atomic mass is 9.84. The molecule has 0 amide bonds. The molecule has 1 heterocycles. The summed E-state index contributed by atoms with van der Waals surface area (Å²) >= 11 is 0. The fourth-order valence-corrected chi connectivity index (χ4v) is 3.84. The SMILES string of the molecule is CCNC(=NCC1(CC)CCCC1)NCC1CCN(C)CC1.I. The van der Waals surface area contributed by atoms with E-state index in [9.17, 15) is 0 Å². The van der Waals surface area contributed by atoms with Crippen LogP contribution >= 0.6 is 24.0 Å². The Morgan fingerprint density at radius 3 is 2.35 bits per heavy atom. The van der Waals surface area contributed by atoms with Gasteiger partial charge in [-0.3, -0.25) is 4.99 Å².